The Hall–Kier alpha value is -2.21. The van der Waals surface area contributed by atoms with E-state index >= 15 is 0 Å². The summed E-state index contributed by atoms with van der Waals surface area (Å²) >= 11 is 0. The van der Waals surface area contributed by atoms with E-state index in [1.807, 2.05) is 6.07 Å². The highest BCUT2D eigenvalue weighted by atomic mass is 16.5. The van der Waals surface area contributed by atoms with Crippen LogP contribution in [0.3, 0.4) is 0 Å². The van der Waals surface area contributed by atoms with Crippen molar-refractivity contribution in [3.8, 4) is 11.5 Å². The van der Waals surface area contributed by atoms with Gasteiger partial charge in [0.2, 0.25) is 0 Å². The average molecular weight is 346 g/mol. The van der Waals surface area contributed by atoms with Gasteiger partial charge in [-0.3, -0.25) is 9.89 Å². The lowest BCUT2D eigenvalue weighted by molar-refractivity contribution is 0.221. The smallest absolute Gasteiger partial charge is 0.191 e. The van der Waals surface area contributed by atoms with E-state index in [2.05, 4.69) is 34.0 Å². The molecule has 0 atom stereocenters. The Bertz CT molecular complexity index is 607. The van der Waals surface area contributed by atoms with Crippen LogP contribution in [0.15, 0.2) is 35.3 Å². The number of nitrogens with one attached hydrogen (secondary N) is 2. The van der Waals surface area contributed by atoms with E-state index in [0.29, 0.717) is 12.6 Å². The first-order valence-electron chi connectivity index (χ1n) is 8.71. The van der Waals surface area contributed by atoms with Gasteiger partial charge in [-0.2, -0.15) is 0 Å². The van der Waals surface area contributed by atoms with Gasteiger partial charge in [-0.05, 0) is 38.0 Å². The largest absolute Gasteiger partial charge is 0.508 e. The molecular formula is C19H30N4O2. The third kappa shape index (κ3) is 5.98. The van der Waals surface area contributed by atoms with Gasteiger partial charge in [0.15, 0.2) is 5.96 Å². The van der Waals surface area contributed by atoms with Crippen LogP contribution < -0.4 is 15.4 Å². The molecule has 0 radical (unpaired) electrons. The Labute approximate surface area is 150 Å². The number of ether oxygens (including phenoxy) is 1. The van der Waals surface area contributed by atoms with Gasteiger partial charge in [-0.15, -0.1) is 0 Å². The molecule has 3 N–H and O–H groups in total. The lowest BCUT2D eigenvalue weighted by Crippen LogP contribution is -2.48. The lowest BCUT2D eigenvalue weighted by atomic mass is 10.0. The number of nitrogens with zero attached hydrogens (tertiary/aromatic N) is 2. The molecule has 138 valence electrons. The summed E-state index contributed by atoms with van der Waals surface area (Å²) in [6.45, 7) is 9.66. The Morgan fingerprint density at radius 1 is 1.40 bits per heavy atom. The SMILES string of the molecule is C=C(C)CN1CCC(NC(=NC)NCc2cc(OC)ccc2O)CC1. The third-order valence-electron chi connectivity index (χ3n) is 4.38. The summed E-state index contributed by atoms with van der Waals surface area (Å²) < 4.78 is 5.21. The number of piperidine rings is 1. The molecule has 25 heavy (non-hydrogen) atoms. The van der Waals surface area contributed by atoms with Crippen LogP contribution in [0.25, 0.3) is 0 Å². The zero-order chi connectivity index (χ0) is 18.2. The Morgan fingerprint density at radius 2 is 2.12 bits per heavy atom. The lowest BCUT2D eigenvalue weighted by Gasteiger charge is -2.33. The highest BCUT2D eigenvalue weighted by Crippen LogP contribution is 2.22. The summed E-state index contributed by atoms with van der Waals surface area (Å²) in [6, 6.07) is 5.62. The topological polar surface area (TPSA) is 69.1 Å². The van der Waals surface area contributed by atoms with Gasteiger partial charge >= 0.3 is 0 Å². The van der Waals surface area contributed by atoms with Crippen LogP contribution >= 0.6 is 0 Å². The van der Waals surface area contributed by atoms with Crippen molar-refractivity contribution in [1.29, 1.82) is 0 Å². The van der Waals surface area contributed by atoms with E-state index in [9.17, 15) is 5.11 Å². The third-order valence-corrected chi connectivity index (χ3v) is 4.38. The number of rotatable bonds is 6. The molecular weight excluding hydrogens is 316 g/mol. The predicted octanol–water partition coefficient (Wildman–Crippen LogP) is 2.11. The number of likely N-dealkylation sites (tertiary alicyclic amines) is 1. The van der Waals surface area contributed by atoms with Crippen LogP contribution in [0, 0.1) is 0 Å². The Kier molecular flexibility index (Phi) is 7.13. The molecule has 0 unspecified atom stereocenters. The van der Waals surface area contributed by atoms with Crippen molar-refractivity contribution in [2.75, 3.05) is 33.8 Å². The maximum Gasteiger partial charge on any atom is 0.191 e. The first-order valence-corrected chi connectivity index (χ1v) is 8.71. The van der Waals surface area contributed by atoms with Crippen LogP contribution in [0.2, 0.25) is 0 Å². The Morgan fingerprint density at radius 3 is 2.72 bits per heavy atom. The first kappa shape index (κ1) is 19.1. The molecule has 0 spiro atoms. The molecule has 1 aromatic rings. The number of hydrogen-bond donors (Lipinski definition) is 3. The molecule has 0 saturated carbocycles. The van der Waals surface area contributed by atoms with E-state index in [4.69, 9.17) is 4.74 Å². The molecule has 6 heteroatoms. The van der Waals surface area contributed by atoms with Crippen molar-refractivity contribution < 1.29 is 9.84 Å². The number of guanidine groups is 1. The van der Waals surface area contributed by atoms with Gasteiger partial charge in [-0.25, -0.2) is 0 Å². The minimum Gasteiger partial charge on any atom is -0.508 e. The molecule has 1 aliphatic rings. The van der Waals surface area contributed by atoms with Crippen molar-refractivity contribution >= 4 is 5.96 Å². The van der Waals surface area contributed by atoms with Crippen LogP contribution in [-0.2, 0) is 6.54 Å². The quantitative estimate of drug-likeness (QED) is 0.418. The minimum atomic E-state index is 0.247. The molecule has 2 rings (SSSR count). The standard InChI is InChI=1S/C19H30N4O2/c1-14(2)13-23-9-7-16(8-10-23)22-19(20-3)21-12-15-11-17(25-4)5-6-18(15)24/h5-6,11,16,24H,1,7-10,12-13H2,2-4H3,(H2,20,21,22). The Balaban J connectivity index is 1.83. The molecule has 6 nitrogen and oxygen atoms in total. The van der Waals surface area contributed by atoms with Gasteiger partial charge in [0.25, 0.3) is 0 Å². The average Bonchev–Trinajstić information content (AvgIpc) is 2.60. The fourth-order valence-electron chi connectivity index (χ4n) is 3.01. The second-order valence-corrected chi connectivity index (χ2v) is 6.57. The zero-order valence-electron chi connectivity index (χ0n) is 15.5. The van der Waals surface area contributed by atoms with Gasteiger partial charge in [0.1, 0.15) is 11.5 Å². The molecule has 1 aromatic carbocycles. The first-order chi connectivity index (χ1) is 12.0. The normalized spacial score (nSPS) is 16.5. The van der Waals surface area contributed by atoms with E-state index in [-0.39, 0.29) is 5.75 Å². The van der Waals surface area contributed by atoms with Crippen LogP contribution in [0.5, 0.6) is 11.5 Å². The van der Waals surface area contributed by atoms with Gasteiger partial charge in [0.05, 0.1) is 7.11 Å². The van der Waals surface area contributed by atoms with Gasteiger partial charge in [-0.1, -0.05) is 12.2 Å². The molecule has 1 aliphatic heterocycles. The molecule has 0 aromatic heterocycles. The summed E-state index contributed by atoms with van der Waals surface area (Å²) in [4.78, 5) is 6.73. The number of phenolic OH excluding ortho intramolecular Hbond substituents is 1. The van der Waals surface area contributed by atoms with Crippen LogP contribution in [0.4, 0.5) is 0 Å². The second-order valence-electron chi connectivity index (χ2n) is 6.57. The van der Waals surface area contributed by atoms with E-state index in [0.717, 1.165) is 49.7 Å². The van der Waals surface area contributed by atoms with E-state index < -0.39 is 0 Å². The maximum atomic E-state index is 9.97. The zero-order valence-corrected chi connectivity index (χ0v) is 15.5. The number of phenols is 1. The predicted molar refractivity (Wildman–Crippen MR) is 102 cm³/mol. The summed E-state index contributed by atoms with van der Waals surface area (Å²) in [5.41, 5.74) is 1.99. The molecule has 0 aliphatic carbocycles. The fraction of sp³-hybridized carbons (Fsp3) is 0.526. The molecule has 1 fully saturated rings. The van der Waals surface area contributed by atoms with Crippen molar-refractivity contribution in [3.05, 3.63) is 35.9 Å². The summed E-state index contributed by atoms with van der Waals surface area (Å²) in [7, 11) is 3.38. The van der Waals surface area contributed by atoms with Crippen molar-refractivity contribution in [3.63, 3.8) is 0 Å². The number of aromatic hydroxyl groups is 1. The minimum absolute atomic E-state index is 0.247. The second kappa shape index (κ2) is 9.32. The number of aliphatic imine (C=N–C) groups is 1. The molecule has 1 heterocycles. The monoisotopic (exact) mass is 346 g/mol. The summed E-state index contributed by atoms with van der Waals surface area (Å²) in [5, 5.41) is 16.7. The highest BCUT2D eigenvalue weighted by Gasteiger charge is 2.19. The van der Waals surface area contributed by atoms with Crippen molar-refractivity contribution in [2.24, 2.45) is 4.99 Å². The van der Waals surface area contributed by atoms with E-state index in [1.54, 1.807) is 26.3 Å². The highest BCUT2D eigenvalue weighted by molar-refractivity contribution is 5.80. The number of hydrogen-bond acceptors (Lipinski definition) is 4. The van der Waals surface area contributed by atoms with Crippen molar-refractivity contribution in [2.45, 2.75) is 32.4 Å². The van der Waals surface area contributed by atoms with E-state index in [1.165, 1.54) is 5.57 Å². The van der Waals surface area contributed by atoms with Crippen molar-refractivity contribution in [1.82, 2.24) is 15.5 Å². The molecule has 0 bridgehead atoms. The number of methoxy groups -OCH3 is 1. The fourth-order valence-corrected chi connectivity index (χ4v) is 3.01. The van der Waals surface area contributed by atoms with Gasteiger partial charge < -0.3 is 20.5 Å². The number of benzene rings is 1. The maximum absolute atomic E-state index is 9.97. The van der Waals surface area contributed by atoms with Gasteiger partial charge in [0, 0.05) is 44.8 Å². The molecule has 0 amide bonds. The van der Waals surface area contributed by atoms with Crippen LogP contribution in [-0.4, -0.2) is 55.8 Å². The summed E-state index contributed by atoms with van der Waals surface area (Å²) in [6.07, 6.45) is 2.16. The summed E-state index contributed by atoms with van der Waals surface area (Å²) in [5.74, 6) is 1.72. The molecule has 1 saturated heterocycles. The van der Waals surface area contributed by atoms with Crippen LogP contribution in [0.1, 0.15) is 25.3 Å².